The Bertz CT molecular complexity index is 744. The predicted octanol–water partition coefficient (Wildman–Crippen LogP) is 2.64. The molecule has 2 amide bonds. The number of carbonyl (C=O) groups is 2. The Balaban J connectivity index is 1.83. The van der Waals surface area contributed by atoms with Crippen molar-refractivity contribution < 1.29 is 9.59 Å². The van der Waals surface area contributed by atoms with Gasteiger partial charge in [-0.1, -0.05) is 52.3 Å². The Hall–Kier alpha value is -2.47. The minimum atomic E-state index is -0.393. The molecule has 0 saturated heterocycles. The molecule has 2 rings (SSSR count). The van der Waals surface area contributed by atoms with Crippen LogP contribution in [0, 0.1) is 6.92 Å². The van der Waals surface area contributed by atoms with Gasteiger partial charge in [-0.2, -0.15) is 5.10 Å². The van der Waals surface area contributed by atoms with Crippen LogP contribution >= 0.6 is 15.9 Å². The molecule has 5 nitrogen and oxygen atoms in total. The highest BCUT2D eigenvalue weighted by Gasteiger charge is 2.09. The molecule has 0 aliphatic heterocycles. The molecule has 23 heavy (non-hydrogen) atoms. The van der Waals surface area contributed by atoms with E-state index >= 15 is 0 Å². The van der Waals surface area contributed by atoms with Gasteiger partial charge in [0.2, 0.25) is 0 Å². The van der Waals surface area contributed by atoms with Crippen molar-refractivity contribution >= 4 is 34.0 Å². The first kappa shape index (κ1) is 16.9. The van der Waals surface area contributed by atoms with Crippen LogP contribution in [0.3, 0.4) is 0 Å². The smallest absolute Gasteiger partial charge is 0.259 e. The van der Waals surface area contributed by atoms with Gasteiger partial charge < -0.3 is 5.32 Å². The van der Waals surface area contributed by atoms with Gasteiger partial charge in [0, 0.05) is 15.6 Å². The number of nitrogens with one attached hydrogen (secondary N) is 2. The number of aryl methyl sites for hydroxylation is 1. The highest BCUT2D eigenvalue weighted by Crippen LogP contribution is 2.13. The Labute approximate surface area is 142 Å². The van der Waals surface area contributed by atoms with E-state index in [2.05, 4.69) is 31.8 Å². The SMILES string of the molecule is Cc1ccccc1C(=O)NCC(=O)N/N=C\c1ccccc1Br. The van der Waals surface area contributed by atoms with Gasteiger partial charge in [-0.05, 0) is 24.6 Å². The highest BCUT2D eigenvalue weighted by molar-refractivity contribution is 9.10. The fourth-order valence-electron chi connectivity index (χ4n) is 1.88. The number of hydrogen-bond donors (Lipinski definition) is 2. The second kappa shape index (κ2) is 8.24. The summed E-state index contributed by atoms with van der Waals surface area (Å²) in [5.74, 6) is -0.678. The molecule has 0 aliphatic carbocycles. The van der Waals surface area contributed by atoms with Crippen LogP contribution < -0.4 is 10.7 Å². The zero-order valence-electron chi connectivity index (χ0n) is 12.5. The number of nitrogens with zero attached hydrogens (tertiary/aromatic N) is 1. The average molecular weight is 374 g/mol. The summed E-state index contributed by atoms with van der Waals surface area (Å²) < 4.78 is 0.880. The molecular weight excluding hydrogens is 358 g/mol. The third-order valence-electron chi connectivity index (χ3n) is 3.10. The van der Waals surface area contributed by atoms with Gasteiger partial charge in [-0.15, -0.1) is 0 Å². The van der Waals surface area contributed by atoms with Crippen LogP contribution in [0.4, 0.5) is 0 Å². The molecule has 2 aromatic carbocycles. The molecule has 118 valence electrons. The van der Waals surface area contributed by atoms with Gasteiger partial charge >= 0.3 is 0 Å². The van der Waals surface area contributed by atoms with Crippen molar-refractivity contribution in [2.75, 3.05) is 6.54 Å². The monoisotopic (exact) mass is 373 g/mol. The van der Waals surface area contributed by atoms with E-state index in [1.165, 1.54) is 6.21 Å². The number of hydrogen-bond acceptors (Lipinski definition) is 3. The first-order chi connectivity index (χ1) is 11.1. The van der Waals surface area contributed by atoms with E-state index in [1.807, 2.05) is 43.3 Å². The molecule has 2 N–H and O–H groups in total. The molecule has 0 bridgehead atoms. The molecule has 0 unspecified atom stereocenters. The molecule has 6 heteroatoms. The van der Waals surface area contributed by atoms with Crippen LogP contribution in [0.2, 0.25) is 0 Å². The zero-order chi connectivity index (χ0) is 16.7. The number of amides is 2. The van der Waals surface area contributed by atoms with Crippen molar-refractivity contribution in [2.24, 2.45) is 5.10 Å². The maximum absolute atomic E-state index is 12.0. The topological polar surface area (TPSA) is 70.6 Å². The lowest BCUT2D eigenvalue weighted by Crippen LogP contribution is -2.35. The summed E-state index contributed by atoms with van der Waals surface area (Å²) in [6.45, 7) is 1.71. The molecule has 0 aliphatic rings. The first-order valence-corrected chi connectivity index (χ1v) is 7.77. The van der Waals surface area contributed by atoms with Crippen molar-refractivity contribution in [1.29, 1.82) is 0 Å². The fraction of sp³-hybridized carbons (Fsp3) is 0.118. The van der Waals surface area contributed by atoms with Crippen LogP contribution in [0.25, 0.3) is 0 Å². The van der Waals surface area contributed by atoms with E-state index in [4.69, 9.17) is 0 Å². The molecule has 0 atom stereocenters. The van der Waals surface area contributed by atoms with Crippen molar-refractivity contribution in [1.82, 2.24) is 10.7 Å². The van der Waals surface area contributed by atoms with E-state index in [1.54, 1.807) is 12.1 Å². The normalized spacial score (nSPS) is 10.5. The second-order valence-electron chi connectivity index (χ2n) is 4.81. The van der Waals surface area contributed by atoms with E-state index in [9.17, 15) is 9.59 Å². The fourth-order valence-corrected chi connectivity index (χ4v) is 2.26. The number of halogens is 1. The minimum Gasteiger partial charge on any atom is -0.343 e. The number of benzene rings is 2. The summed E-state index contributed by atoms with van der Waals surface area (Å²) in [6, 6.07) is 14.7. The van der Waals surface area contributed by atoms with Crippen LogP contribution in [0.1, 0.15) is 21.5 Å². The number of rotatable bonds is 5. The van der Waals surface area contributed by atoms with Crippen LogP contribution in [0.15, 0.2) is 58.1 Å². The van der Waals surface area contributed by atoms with E-state index in [-0.39, 0.29) is 12.5 Å². The summed E-state index contributed by atoms with van der Waals surface area (Å²) in [4.78, 5) is 23.7. The Morgan fingerprint density at radius 2 is 1.83 bits per heavy atom. The molecular formula is C17H16BrN3O2. The standard InChI is InChI=1S/C17H16BrN3O2/c1-12-6-2-4-8-14(12)17(23)19-11-16(22)21-20-10-13-7-3-5-9-15(13)18/h2-10H,11H2,1H3,(H,19,23)(H,21,22)/b20-10-. The van der Waals surface area contributed by atoms with Crippen LogP contribution in [-0.4, -0.2) is 24.6 Å². The van der Waals surface area contributed by atoms with Crippen molar-refractivity contribution in [3.8, 4) is 0 Å². The van der Waals surface area contributed by atoms with Crippen molar-refractivity contribution in [3.63, 3.8) is 0 Å². The van der Waals surface area contributed by atoms with E-state index in [0.29, 0.717) is 5.56 Å². The average Bonchev–Trinajstić information content (AvgIpc) is 2.55. The Kier molecular flexibility index (Phi) is 6.05. The van der Waals surface area contributed by atoms with Gasteiger partial charge in [0.25, 0.3) is 11.8 Å². The summed E-state index contributed by atoms with van der Waals surface area (Å²) in [6.07, 6.45) is 1.53. The second-order valence-corrected chi connectivity index (χ2v) is 5.67. The van der Waals surface area contributed by atoms with Gasteiger partial charge in [0.15, 0.2) is 0 Å². The van der Waals surface area contributed by atoms with Crippen molar-refractivity contribution in [3.05, 3.63) is 69.7 Å². The van der Waals surface area contributed by atoms with Crippen LogP contribution in [0.5, 0.6) is 0 Å². The number of carbonyl (C=O) groups excluding carboxylic acids is 2. The zero-order valence-corrected chi connectivity index (χ0v) is 14.1. The van der Waals surface area contributed by atoms with Gasteiger partial charge in [-0.25, -0.2) is 5.43 Å². The first-order valence-electron chi connectivity index (χ1n) is 6.98. The van der Waals surface area contributed by atoms with Gasteiger partial charge in [0.05, 0.1) is 12.8 Å². The molecule has 0 spiro atoms. The third kappa shape index (κ3) is 5.03. The summed E-state index contributed by atoms with van der Waals surface area (Å²) in [5.41, 5.74) is 4.63. The quantitative estimate of drug-likeness (QED) is 0.624. The predicted molar refractivity (Wildman–Crippen MR) is 93.4 cm³/mol. The Morgan fingerprint density at radius 1 is 1.13 bits per heavy atom. The molecule has 0 radical (unpaired) electrons. The van der Waals surface area contributed by atoms with E-state index in [0.717, 1.165) is 15.6 Å². The summed E-state index contributed by atoms with van der Waals surface area (Å²) in [5, 5.41) is 6.43. The lowest BCUT2D eigenvalue weighted by Gasteiger charge is -2.06. The molecule has 2 aromatic rings. The lowest BCUT2D eigenvalue weighted by molar-refractivity contribution is -0.120. The Morgan fingerprint density at radius 3 is 2.57 bits per heavy atom. The highest BCUT2D eigenvalue weighted by atomic mass is 79.9. The van der Waals surface area contributed by atoms with Gasteiger partial charge in [-0.3, -0.25) is 9.59 Å². The maximum Gasteiger partial charge on any atom is 0.259 e. The molecule has 0 fully saturated rings. The van der Waals surface area contributed by atoms with E-state index < -0.39 is 5.91 Å². The van der Waals surface area contributed by atoms with Crippen molar-refractivity contribution in [2.45, 2.75) is 6.92 Å². The molecule has 0 heterocycles. The number of hydrazone groups is 1. The third-order valence-corrected chi connectivity index (χ3v) is 3.82. The minimum absolute atomic E-state index is 0.138. The summed E-state index contributed by atoms with van der Waals surface area (Å²) >= 11 is 3.38. The summed E-state index contributed by atoms with van der Waals surface area (Å²) in [7, 11) is 0. The maximum atomic E-state index is 12.0. The molecule has 0 aromatic heterocycles. The van der Waals surface area contributed by atoms with Gasteiger partial charge in [0.1, 0.15) is 0 Å². The lowest BCUT2D eigenvalue weighted by atomic mass is 10.1. The molecule has 0 saturated carbocycles. The van der Waals surface area contributed by atoms with Crippen LogP contribution in [-0.2, 0) is 4.79 Å². The largest absolute Gasteiger partial charge is 0.343 e.